The molecule has 0 aromatic carbocycles. The molecule has 1 unspecified atom stereocenters. The number of carbonyl (C=O) groups is 2. The van der Waals surface area contributed by atoms with Crippen LogP contribution in [0.4, 0.5) is 0 Å². The van der Waals surface area contributed by atoms with Gasteiger partial charge in [-0.3, -0.25) is 9.78 Å². The van der Waals surface area contributed by atoms with Gasteiger partial charge >= 0.3 is 5.97 Å². The molecule has 0 saturated carbocycles. The molecule has 2 heterocycles. The van der Waals surface area contributed by atoms with Crippen LogP contribution < -0.4 is 0 Å². The van der Waals surface area contributed by atoms with E-state index in [-0.39, 0.29) is 5.91 Å². The van der Waals surface area contributed by atoms with Crippen LogP contribution in [-0.2, 0) is 16.0 Å². The average molecular weight is 266 g/mol. The van der Waals surface area contributed by atoms with Crippen LogP contribution in [0.5, 0.6) is 0 Å². The summed E-state index contributed by atoms with van der Waals surface area (Å²) in [5.74, 6) is -0.0906. The quantitative estimate of drug-likeness (QED) is 0.880. The molecule has 1 atom stereocenters. The van der Waals surface area contributed by atoms with Crippen molar-refractivity contribution in [3.8, 4) is 0 Å². The second-order valence-electron chi connectivity index (χ2n) is 4.04. The maximum Gasteiger partial charge on any atom is 0.327 e. The first kappa shape index (κ1) is 12.9. The molecule has 1 aliphatic rings. The second-order valence-corrected chi connectivity index (χ2v) is 5.04. The fourth-order valence-electron chi connectivity index (χ4n) is 1.82. The number of carboxylic acid groups (broad SMARTS) is 1. The monoisotopic (exact) mass is 266 g/mol. The molecule has 1 fully saturated rings. The largest absolute Gasteiger partial charge is 0.480 e. The van der Waals surface area contributed by atoms with E-state index in [0.717, 1.165) is 5.69 Å². The summed E-state index contributed by atoms with van der Waals surface area (Å²) in [6, 6.07) is 4.88. The highest BCUT2D eigenvalue weighted by Gasteiger charge is 2.33. The van der Waals surface area contributed by atoms with Gasteiger partial charge in [0.2, 0.25) is 5.91 Å². The van der Waals surface area contributed by atoms with Gasteiger partial charge in [-0.05, 0) is 18.6 Å². The summed E-state index contributed by atoms with van der Waals surface area (Å²) in [7, 11) is 0. The number of aromatic nitrogens is 1. The smallest absolute Gasteiger partial charge is 0.327 e. The first-order valence-corrected chi connectivity index (χ1v) is 6.84. The van der Waals surface area contributed by atoms with Crippen LogP contribution in [0.15, 0.2) is 24.4 Å². The Morgan fingerprint density at radius 1 is 1.50 bits per heavy atom. The van der Waals surface area contributed by atoms with Crippen LogP contribution in [0, 0.1) is 0 Å². The summed E-state index contributed by atoms with van der Waals surface area (Å²) in [5.41, 5.74) is 0.851. The molecule has 6 heteroatoms. The van der Waals surface area contributed by atoms with Crippen LogP contribution >= 0.6 is 11.8 Å². The maximum atomic E-state index is 12.0. The number of aliphatic carboxylic acids is 1. The second kappa shape index (κ2) is 5.86. The summed E-state index contributed by atoms with van der Waals surface area (Å²) in [6.07, 6.45) is 2.54. The summed E-state index contributed by atoms with van der Waals surface area (Å²) < 4.78 is 0. The van der Waals surface area contributed by atoms with Crippen LogP contribution in [0.1, 0.15) is 12.1 Å². The molecule has 2 rings (SSSR count). The number of hydrogen-bond donors (Lipinski definition) is 1. The maximum absolute atomic E-state index is 12.0. The first-order chi connectivity index (χ1) is 8.68. The number of amides is 1. The van der Waals surface area contributed by atoms with Gasteiger partial charge in [-0.25, -0.2) is 4.79 Å². The third kappa shape index (κ3) is 3.01. The SMILES string of the molecule is O=C(O)C1CSCN1C(=O)CCc1ccccn1. The lowest BCUT2D eigenvalue weighted by Gasteiger charge is -2.20. The topological polar surface area (TPSA) is 70.5 Å². The molecule has 1 aromatic rings. The lowest BCUT2D eigenvalue weighted by Crippen LogP contribution is -2.41. The third-order valence-electron chi connectivity index (χ3n) is 2.81. The standard InChI is InChI=1S/C12H14N2O3S/c15-11(5-4-9-3-1-2-6-13-9)14-8-18-7-10(14)12(16)17/h1-3,6,10H,4-5,7-8H2,(H,16,17). The van der Waals surface area contributed by atoms with Gasteiger partial charge in [0.25, 0.3) is 0 Å². The Bertz CT molecular complexity index is 438. The Morgan fingerprint density at radius 3 is 3.00 bits per heavy atom. The van der Waals surface area contributed by atoms with E-state index in [9.17, 15) is 9.59 Å². The molecular formula is C12H14N2O3S. The fraction of sp³-hybridized carbons (Fsp3) is 0.417. The van der Waals surface area contributed by atoms with Crippen molar-refractivity contribution in [2.24, 2.45) is 0 Å². The molecule has 96 valence electrons. The van der Waals surface area contributed by atoms with Crippen molar-refractivity contribution in [3.63, 3.8) is 0 Å². The summed E-state index contributed by atoms with van der Waals surface area (Å²) >= 11 is 1.48. The molecule has 0 bridgehead atoms. The van der Waals surface area contributed by atoms with E-state index in [4.69, 9.17) is 5.11 Å². The molecule has 1 N–H and O–H groups in total. The van der Waals surface area contributed by atoms with E-state index < -0.39 is 12.0 Å². The lowest BCUT2D eigenvalue weighted by molar-refractivity contribution is -0.147. The molecule has 1 saturated heterocycles. The van der Waals surface area contributed by atoms with E-state index >= 15 is 0 Å². The highest BCUT2D eigenvalue weighted by atomic mass is 32.2. The number of pyridine rings is 1. The van der Waals surface area contributed by atoms with Crippen molar-refractivity contribution >= 4 is 23.6 Å². The predicted molar refractivity (Wildman–Crippen MR) is 68.2 cm³/mol. The summed E-state index contributed by atoms with van der Waals surface area (Å²) in [6.45, 7) is 0. The molecule has 1 aliphatic heterocycles. The zero-order chi connectivity index (χ0) is 13.0. The Labute approximate surface area is 109 Å². The van der Waals surface area contributed by atoms with Gasteiger partial charge in [0.05, 0.1) is 5.88 Å². The lowest BCUT2D eigenvalue weighted by atomic mass is 10.2. The molecule has 0 radical (unpaired) electrons. The van der Waals surface area contributed by atoms with E-state index in [2.05, 4.69) is 4.98 Å². The average Bonchev–Trinajstić information content (AvgIpc) is 2.86. The zero-order valence-corrected chi connectivity index (χ0v) is 10.6. The van der Waals surface area contributed by atoms with Crippen molar-refractivity contribution in [1.29, 1.82) is 0 Å². The molecule has 18 heavy (non-hydrogen) atoms. The first-order valence-electron chi connectivity index (χ1n) is 5.68. The Morgan fingerprint density at radius 2 is 2.33 bits per heavy atom. The Hall–Kier alpha value is -1.56. The highest BCUT2D eigenvalue weighted by Crippen LogP contribution is 2.22. The van der Waals surface area contributed by atoms with E-state index in [1.54, 1.807) is 6.20 Å². The third-order valence-corrected chi connectivity index (χ3v) is 3.82. The number of nitrogens with zero attached hydrogens (tertiary/aromatic N) is 2. The van der Waals surface area contributed by atoms with Crippen LogP contribution in [0.2, 0.25) is 0 Å². The molecule has 0 aliphatic carbocycles. The van der Waals surface area contributed by atoms with Gasteiger partial charge in [0.1, 0.15) is 6.04 Å². The minimum absolute atomic E-state index is 0.113. The Kier molecular flexibility index (Phi) is 4.19. The van der Waals surface area contributed by atoms with E-state index in [1.165, 1.54) is 16.7 Å². The van der Waals surface area contributed by atoms with Gasteiger partial charge in [-0.15, -0.1) is 11.8 Å². The van der Waals surface area contributed by atoms with Gasteiger partial charge in [0.15, 0.2) is 0 Å². The van der Waals surface area contributed by atoms with Crippen molar-refractivity contribution < 1.29 is 14.7 Å². The van der Waals surface area contributed by atoms with Gasteiger partial charge < -0.3 is 10.0 Å². The van der Waals surface area contributed by atoms with Crippen molar-refractivity contribution in [3.05, 3.63) is 30.1 Å². The summed E-state index contributed by atoms with van der Waals surface area (Å²) in [5, 5.41) is 9.00. The number of hydrogen-bond acceptors (Lipinski definition) is 4. The predicted octanol–water partition coefficient (Wildman–Crippen LogP) is 1.00. The summed E-state index contributed by atoms with van der Waals surface area (Å²) in [4.78, 5) is 28.5. The van der Waals surface area contributed by atoms with Crippen molar-refractivity contribution in [2.75, 3.05) is 11.6 Å². The minimum atomic E-state index is -0.925. The van der Waals surface area contributed by atoms with Gasteiger partial charge in [0, 0.05) is 24.1 Å². The van der Waals surface area contributed by atoms with Crippen molar-refractivity contribution in [1.82, 2.24) is 9.88 Å². The zero-order valence-electron chi connectivity index (χ0n) is 9.78. The van der Waals surface area contributed by atoms with E-state index in [1.807, 2.05) is 18.2 Å². The van der Waals surface area contributed by atoms with Crippen LogP contribution in [0.25, 0.3) is 0 Å². The highest BCUT2D eigenvalue weighted by molar-refractivity contribution is 7.99. The van der Waals surface area contributed by atoms with Crippen molar-refractivity contribution in [2.45, 2.75) is 18.9 Å². The van der Waals surface area contributed by atoms with Gasteiger partial charge in [-0.1, -0.05) is 6.07 Å². The number of aryl methyl sites for hydroxylation is 1. The number of thioether (sulfide) groups is 1. The number of carboxylic acids is 1. The fourth-order valence-corrected chi connectivity index (χ4v) is 2.99. The molecule has 1 aromatic heterocycles. The molecule has 5 nitrogen and oxygen atoms in total. The van der Waals surface area contributed by atoms with Gasteiger partial charge in [-0.2, -0.15) is 0 Å². The number of rotatable bonds is 4. The molecule has 0 spiro atoms. The number of carbonyl (C=O) groups excluding carboxylic acids is 1. The van der Waals surface area contributed by atoms with Crippen LogP contribution in [0.3, 0.4) is 0 Å². The minimum Gasteiger partial charge on any atom is -0.480 e. The van der Waals surface area contributed by atoms with Crippen LogP contribution in [-0.4, -0.2) is 44.5 Å². The normalized spacial score (nSPS) is 18.9. The van der Waals surface area contributed by atoms with E-state index in [0.29, 0.717) is 24.5 Å². The Balaban J connectivity index is 1.90. The molecule has 1 amide bonds. The molecular weight excluding hydrogens is 252 g/mol.